The maximum absolute atomic E-state index is 12.4. The van der Waals surface area contributed by atoms with Gasteiger partial charge in [-0.05, 0) is 31.2 Å². The summed E-state index contributed by atoms with van der Waals surface area (Å²) in [4.78, 5) is 12.4. The Morgan fingerprint density at radius 1 is 1.29 bits per heavy atom. The Labute approximate surface area is 102 Å². The third-order valence-electron chi connectivity index (χ3n) is 4.09. The topological polar surface area (TPSA) is 26.3 Å². The van der Waals surface area contributed by atoms with Crippen molar-refractivity contribution >= 4 is 5.78 Å². The van der Waals surface area contributed by atoms with E-state index in [1.54, 1.807) is 0 Å². The number of benzene rings is 1. The fourth-order valence-corrected chi connectivity index (χ4v) is 3.03. The number of ketones is 1. The first-order valence-corrected chi connectivity index (χ1v) is 6.56. The van der Waals surface area contributed by atoms with Crippen LogP contribution in [-0.2, 0) is 11.2 Å². The van der Waals surface area contributed by atoms with Gasteiger partial charge in [0.05, 0.1) is 18.1 Å². The molecule has 17 heavy (non-hydrogen) atoms. The van der Waals surface area contributed by atoms with E-state index in [4.69, 9.17) is 4.74 Å². The van der Waals surface area contributed by atoms with Crippen molar-refractivity contribution in [2.75, 3.05) is 0 Å². The fraction of sp³-hybridized carbons (Fsp3) is 0.533. The van der Waals surface area contributed by atoms with Crippen LogP contribution in [0.15, 0.2) is 24.3 Å². The van der Waals surface area contributed by atoms with E-state index in [0.29, 0.717) is 6.10 Å². The van der Waals surface area contributed by atoms with Crippen LogP contribution < -0.4 is 0 Å². The molecule has 0 N–H and O–H groups in total. The summed E-state index contributed by atoms with van der Waals surface area (Å²) in [6, 6.07) is 8.04. The van der Waals surface area contributed by atoms with Gasteiger partial charge < -0.3 is 4.74 Å². The van der Waals surface area contributed by atoms with Crippen molar-refractivity contribution < 1.29 is 9.53 Å². The molecule has 0 saturated carbocycles. The molecule has 2 aliphatic heterocycles. The molecule has 2 aliphatic rings. The summed E-state index contributed by atoms with van der Waals surface area (Å²) in [5, 5.41) is 0. The van der Waals surface area contributed by atoms with E-state index in [1.165, 1.54) is 5.56 Å². The average Bonchev–Trinajstić information content (AvgIpc) is 3.00. The quantitative estimate of drug-likeness (QED) is 0.746. The number of Topliss-reactive ketones (excluding diaryl/α,β-unsaturated/α-hetero) is 1. The Morgan fingerprint density at radius 2 is 2.06 bits per heavy atom. The molecule has 2 heteroatoms. The van der Waals surface area contributed by atoms with Crippen molar-refractivity contribution in [3.05, 3.63) is 35.4 Å². The first-order chi connectivity index (χ1) is 8.28. The number of hydrogen-bond acceptors (Lipinski definition) is 2. The van der Waals surface area contributed by atoms with Crippen molar-refractivity contribution in [1.82, 2.24) is 0 Å². The first-order valence-electron chi connectivity index (χ1n) is 6.56. The lowest BCUT2D eigenvalue weighted by atomic mass is 9.83. The van der Waals surface area contributed by atoms with Gasteiger partial charge in [-0.1, -0.05) is 31.2 Å². The highest BCUT2D eigenvalue weighted by atomic mass is 16.5. The van der Waals surface area contributed by atoms with Crippen molar-refractivity contribution in [1.29, 1.82) is 0 Å². The van der Waals surface area contributed by atoms with Gasteiger partial charge in [0.2, 0.25) is 0 Å². The highest BCUT2D eigenvalue weighted by Gasteiger charge is 2.44. The zero-order valence-electron chi connectivity index (χ0n) is 10.2. The maximum atomic E-state index is 12.4. The molecular formula is C15H18O2. The monoisotopic (exact) mass is 230 g/mol. The van der Waals surface area contributed by atoms with E-state index >= 15 is 0 Å². The van der Waals surface area contributed by atoms with Crippen LogP contribution in [-0.4, -0.2) is 18.0 Å². The first kappa shape index (κ1) is 11.0. The van der Waals surface area contributed by atoms with Crippen LogP contribution in [0.25, 0.3) is 0 Å². The molecule has 2 heterocycles. The zero-order valence-corrected chi connectivity index (χ0v) is 10.2. The van der Waals surface area contributed by atoms with Crippen LogP contribution in [0.4, 0.5) is 0 Å². The van der Waals surface area contributed by atoms with E-state index in [0.717, 1.165) is 31.2 Å². The standard InChI is InChI=1S/C15H18O2/c1-2-10-3-5-11(6-4-10)15(16)13-9-12-7-8-14(13)17-12/h3-6,12-14H,2,7-9H2,1H3. The summed E-state index contributed by atoms with van der Waals surface area (Å²) in [6.07, 6.45) is 4.70. The van der Waals surface area contributed by atoms with Crippen LogP contribution in [0, 0.1) is 5.92 Å². The van der Waals surface area contributed by atoms with E-state index in [1.807, 2.05) is 12.1 Å². The molecule has 1 aromatic rings. The Kier molecular flexibility index (Phi) is 2.75. The van der Waals surface area contributed by atoms with Crippen LogP contribution in [0.5, 0.6) is 0 Å². The van der Waals surface area contributed by atoms with E-state index in [9.17, 15) is 4.79 Å². The van der Waals surface area contributed by atoms with E-state index in [2.05, 4.69) is 19.1 Å². The van der Waals surface area contributed by atoms with E-state index < -0.39 is 0 Å². The Bertz CT molecular complexity index is 421. The molecule has 0 spiro atoms. The highest BCUT2D eigenvalue weighted by molar-refractivity contribution is 5.98. The normalized spacial score (nSPS) is 30.8. The molecule has 2 saturated heterocycles. The molecule has 2 nitrogen and oxygen atoms in total. The van der Waals surface area contributed by atoms with Crippen LogP contribution >= 0.6 is 0 Å². The molecular weight excluding hydrogens is 212 g/mol. The Hall–Kier alpha value is -1.15. The number of carbonyl (C=O) groups excluding carboxylic acids is 1. The van der Waals surface area contributed by atoms with Gasteiger partial charge in [0.25, 0.3) is 0 Å². The molecule has 90 valence electrons. The summed E-state index contributed by atoms with van der Waals surface area (Å²) in [5.74, 6) is 0.390. The highest BCUT2D eigenvalue weighted by Crippen LogP contribution is 2.40. The van der Waals surface area contributed by atoms with Gasteiger partial charge in [0.1, 0.15) is 0 Å². The molecule has 0 aromatic heterocycles. The minimum atomic E-state index is 0.112. The summed E-state index contributed by atoms with van der Waals surface area (Å²) in [7, 11) is 0. The summed E-state index contributed by atoms with van der Waals surface area (Å²) in [5.41, 5.74) is 2.13. The number of carbonyl (C=O) groups is 1. The molecule has 3 atom stereocenters. The second kappa shape index (κ2) is 4.26. The second-order valence-corrected chi connectivity index (χ2v) is 5.13. The molecule has 3 unspecified atom stereocenters. The predicted molar refractivity (Wildman–Crippen MR) is 66.2 cm³/mol. The third-order valence-corrected chi connectivity index (χ3v) is 4.09. The van der Waals surface area contributed by atoms with E-state index in [-0.39, 0.29) is 17.8 Å². The minimum absolute atomic E-state index is 0.112. The fourth-order valence-electron chi connectivity index (χ4n) is 3.03. The maximum Gasteiger partial charge on any atom is 0.168 e. The number of aryl methyl sites for hydroxylation is 1. The zero-order chi connectivity index (χ0) is 11.8. The van der Waals surface area contributed by atoms with Gasteiger partial charge in [-0.25, -0.2) is 0 Å². The second-order valence-electron chi connectivity index (χ2n) is 5.13. The third kappa shape index (κ3) is 1.91. The van der Waals surface area contributed by atoms with Crippen molar-refractivity contribution in [3.63, 3.8) is 0 Å². The summed E-state index contributed by atoms with van der Waals surface area (Å²) >= 11 is 0. The molecule has 2 bridgehead atoms. The average molecular weight is 230 g/mol. The Morgan fingerprint density at radius 3 is 2.59 bits per heavy atom. The molecule has 0 radical (unpaired) electrons. The van der Waals surface area contributed by atoms with Crippen molar-refractivity contribution in [2.24, 2.45) is 5.92 Å². The number of ether oxygens (including phenoxy) is 1. The van der Waals surface area contributed by atoms with Crippen molar-refractivity contribution in [3.8, 4) is 0 Å². The van der Waals surface area contributed by atoms with Crippen molar-refractivity contribution in [2.45, 2.75) is 44.8 Å². The van der Waals surface area contributed by atoms with Gasteiger partial charge in [0.15, 0.2) is 5.78 Å². The molecule has 0 aliphatic carbocycles. The SMILES string of the molecule is CCc1ccc(C(=O)C2CC3CCC2O3)cc1. The van der Waals surface area contributed by atoms with Crippen LogP contribution in [0.3, 0.4) is 0 Å². The van der Waals surface area contributed by atoms with Crippen LogP contribution in [0.2, 0.25) is 0 Å². The van der Waals surface area contributed by atoms with Gasteiger partial charge in [-0.15, -0.1) is 0 Å². The summed E-state index contributed by atoms with van der Waals surface area (Å²) in [6.45, 7) is 2.13. The van der Waals surface area contributed by atoms with Crippen LogP contribution in [0.1, 0.15) is 42.1 Å². The Balaban J connectivity index is 1.77. The predicted octanol–water partition coefficient (Wildman–Crippen LogP) is 3.00. The molecule has 0 amide bonds. The van der Waals surface area contributed by atoms with Gasteiger partial charge in [-0.2, -0.15) is 0 Å². The molecule has 1 aromatic carbocycles. The van der Waals surface area contributed by atoms with Gasteiger partial charge in [0, 0.05) is 5.56 Å². The lowest BCUT2D eigenvalue weighted by Crippen LogP contribution is -2.25. The lowest BCUT2D eigenvalue weighted by Gasteiger charge is -2.17. The summed E-state index contributed by atoms with van der Waals surface area (Å²) < 4.78 is 5.75. The van der Waals surface area contributed by atoms with Gasteiger partial charge in [-0.3, -0.25) is 4.79 Å². The molecule has 3 rings (SSSR count). The lowest BCUT2D eigenvalue weighted by molar-refractivity contribution is 0.0743. The minimum Gasteiger partial charge on any atom is -0.374 e. The number of fused-ring (bicyclic) bond motifs is 2. The molecule has 2 fully saturated rings. The smallest absolute Gasteiger partial charge is 0.168 e. The number of rotatable bonds is 3. The van der Waals surface area contributed by atoms with Gasteiger partial charge >= 0.3 is 0 Å². The number of hydrogen-bond donors (Lipinski definition) is 0. The largest absolute Gasteiger partial charge is 0.374 e.